The molecule has 17 heavy (non-hydrogen) atoms. The van der Waals surface area contributed by atoms with Crippen LogP contribution in [-0.4, -0.2) is 20.7 Å². The van der Waals surface area contributed by atoms with E-state index in [1.54, 1.807) is 7.11 Å². The van der Waals surface area contributed by atoms with Crippen LogP contribution in [0.4, 0.5) is 4.39 Å². The van der Waals surface area contributed by atoms with Crippen molar-refractivity contribution in [1.29, 1.82) is 0 Å². The fourth-order valence-corrected chi connectivity index (χ4v) is 1.79. The highest BCUT2D eigenvalue weighted by molar-refractivity contribution is 5.28. The topological polar surface area (TPSA) is 21.3 Å². The molecule has 2 nitrogen and oxygen atoms in total. The van der Waals surface area contributed by atoms with E-state index in [0.717, 1.165) is 31.4 Å². The van der Waals surface area contributed by atoms with Crippen LogP contribution >= 0.6 is 0 Å². The Labute approximate surface area is 103 Å². The van der Waals surface area contributed by atoms with Crippen LogP contribution in [0.3, 0.4) is 0 Å². The van der Waals surface area contributed by atoms with Gasteiger partial charge in [0, 0.05) is 6.07 Å². The molecule has 0 saturated carbocycles. The molecule has 0 radical (unpaired) electrons. The largest absolute Gasteiger partial charge is 0.497 e. The fraction of sp³-hybridized carbons (Fsp3) is 0.571. The van der Waals surface area contributed by atoms with Crippen LogP contribution in [0.15, 0.2) is 18.2 Å². The normalized spacial score (nSPS) is 12.5. The molecule has 1 aromatic carbocycles. The lowest BCUT2D eigenvalue weighted by atomic mass is 9.98. The molecule has 0 aliphatic rings. The van der Waals surface area contributed by atoms with Gasteiger partial charge in [0.2, 0.25) is 0 Å². The third kappa shape index (κ3) is 4.73. The SMILES string of the molecule is CNCCC(C)CCc1ccc(OC)cc1F. The molecule has 1 atom stereocenters. The molecule has 0 bridgehead atoms. The third-order valence-corrected chi connectivity index (χ3v) is 3.05. The van der Waals surface area contributed by atoms with Crippen molar-refractivity contribution in [2.75, 3.05) is 20.7 Å². The van der Waals surface area contributed by atoms with Crippen LogP contribution in [-0.2, 0) is 6.42 Å². The highest BCUT2D eigenvalue weighted by Crippen LogP contribution is 2.19. The molecule has 0 aliphatic heterocycles. The minimum absolute atomic E-state index is 0.162. The second kappa shape index (κ2) is 7.28. The quantitative estimate of drug-likeness (QED) is 0.789. The Morgan fingerprint density at radius 3 is 2.71 bits per heavy atom. The zero-order chi connectivity index (χ0) is 12.7. The number of rotatable bonds is 7. The monoisotopic (exact) mass is 239 g/mol. The number of hydrogen-bond donors (Lipinski definition) is 1. The number of methoxy groups -OCH3 is 1. The van der Waals surface area contributed by atoms with E-state index in [9.17, 15) is 4.39 Å². The van der Waals surface area contributed by atoms with Gasteiger partial charge >= 0.3 is 0 Å². The van der Waals surface area contributed by atoms with Crippen molar-refractivity contribution >= 4 is 0 Å². The van der Waals surface area contributed by atoms with Gasteiger partial charge in [0.15, 0.2) is 0 Å². The molecular weight excluding hydrogens is 217 g/mol. The molecular formula is C14H22FNO. The second-order valence-corrected chi connectivity index (χ2v) is 4.49. The Kier molecular flexibility index (Phi) is 5.98. The van der Waals surface area contributed by atoms with Crippen LogP contribution in [0.25, 0.3) is 0 Å². The van der Waals surface area contributed by atoms with Gasteiger partial charge < -0.3 is 10.1 Å². The molecule has 0 aliphatic carbocycles. The van der Waals surface area contributed by atoms with Gasteiger partial charge in [-0.05, 0) is 50.4 Å². The summed E-state index contributed by atoms with van der Waals surface area (Å²) in [5.74, 6) is 1.03. The molecule has 3 heteroatoms. The molecule has 0 spiro atoms. The average molecular weight is 239 g/mol. The lowest BCUT2D eigenvalue weighted by Crippen LogP contribution is -2.12. The molecule has 0 saturated heterocycles. The molecule has 1 N–H and O–H groups in total. The summed E-state index contributed by atoms with van der Waals surface area (Å²) in [5.41, 5.74) is 0.780. The molecule has 96 valence electrons. The van der Waals surface area contributed by atoms with E-state index in [0.29, 0.717) is 11.7 Å². The summed E-state index contributed by atoms with van der Waals surface area (Å²) in [5, 5.41) is 3.13. The Morgan fingerprint density at radius 2 is 2.12 bits per heavy atom. The standard InChI is InChI=1S/C14H22FNO/c1-11(8-9-16-2)4-5-12-6-7-13(17-3)10-14(12)15/h6-7,10-11,16H,4-5,8-9H2,1-3H3. The van der Waals surface area contributed by atoms with Crippen LogP contribution in [0.2, 0.25) is 0 Å². The Bertz CT molecular complexity index is 341. The van der Waals surface area contributed by atoms with Crippen molar-refractivity contribution in [1.82, 2.24) is 5.32 Å². The molecule has 0 amide bonds. The van der Waals surface area contributed by atoms with E-state index < -0.39 is 0 Å². The fourth-order valence-electron chi connectivity index (χ4n) is 1.79. The summed E-state index contributed by atoms with van der Waals surface area (Å²) in [4.78, 5) is 0. The molecule has 0 heterocycles. The van der Waals surface area contributed by atoms with E-state index in [-0.39, 0.29) is 5.82 Å². The first-order valence-corrected chi connectivity index (χ1v) is 6.14. The van der Waals surface area contributed by atoms with Gasteiger partial charge in [0.25, 0.3) is 0 Å². The van der Waals surface area contributed by atoms with Gasteiger partial charge in [-0.3, -0.25) is 0 Å². The number of benzene rings is 1. The average Bonchev–Trinajstić information content (AvgIpc) is 2.34. The van der Waals surface area contributed by atoms with Crippen LogP contribution in [0.1, 0.15) is 25.3 Å². The number of halogens is 1. The summed E-state index contributed by atoms with van der Waals surface area (Å²) in [6.45, 7) is 3.23. The summed E-state index contributed by atoms with van der Waals surface area (Å²) >= 11 is 0. The van der Waals surface area contributed by atoms with Gasteiger partial charge in [0.05, 0.1) is 7.11 Å². The zero-order valence-electron chi connectivity index (χ0n) is 10.9. The highest BCUT2D eigenvalue weighted by atomic mass is 19.1. The third-order valence-electron chi connectivity index (χ3n) is 3.05. The predicted octanol–water partition coefficient (Wildman–Crippen LogP) is 3.01. The van der Waals surface area contributed by atoms with Crippen molar-refractivity contribution < 1.29 is 9.13 Å². The van der Waals surface area contributed by atoms with Crippen LogP contribution in [0.5, 0.6) is 5.75 Å². The molecule has 0 fully saturated rings. The lowest BCUT2D eigenvalue weighted by Gasteiger charge is -2.11. The maximum atomic E-state index is 13.6. The smallest absolute Gasteiger partial charge is 0.130 e. The van der Waals surface area contributed by atoms with Gasteiger partial charge in [-0.1, -0.05) is 13.0 Å². The number of aryl methyl sites for hydroxylation is 1. The van der Waals surface area contributed by atoms with E-state index in [2.05, 4.69) is 12.2 Å². The number of ether oxygens (including phenoxy) is 1. The van der Waals surface area contributed by atoms with E-state index in [1.807, 2.05) is 19.2 Å². The van der Waals surface area contributed by atoms with Crippen molar-refractivity contribution in [2.24, 2.45) is 5.92 Å². The summed E-state index contributed by atoms with van der Waals surface area (Å²) in [6, 6.07) is 5.09. The van der Waals surface area contributed by atoms with Gasteiger partial charge in [-0.25, -0.2) is 4.39 Å². The number of hydrogen-bond acceptors (Lipinski definition) is 2. The number of nitrogens with one attached hydrogen (secondary N) is 1. The first-order chi connectivity index (χ1) is 8.17. The zero-order valence-corrected chi connectivity index (χ0v) is 10.9. The van der Waals surface area contributed by atoms with Crippen molar-refractivity contribution in [3.63, 3.8) is 0 Å². The molecule has 0 aromatic heterocycles. The first-order valence-electron chi connectivity index (χ1n) is 6.14. The van der Waals surface area contributed by atoms with Crippen molar-refractivity contribution in [3.8, 4) is 5.75 Å². The van der Waals surface area contributed by atoms with Crippen molar-refractivity contribution in [2.45, 2.75) is 26.2 Å². The first kappa shape index (κ1) is 14.0. The highest BCUT2D eigenvalue weighted by Gasteiger charge is 2.07. The summed E-state index contributed by atoms with van der Waals surface area (Å²) in [6.07, 6.45) is 2.94. The Balaban J connectivity index is 2.46. The van der Waals surface area contributed by atoms with Crippen molar-refractivity contribution in [3.05, 3.63) is 29.6 Å². The van der Waals surface area contributed by atoms with Gasteiger partial charge in [0.1, 0.15) is 11.6 Å². The minimum Gasteiger partial charge on any atom is -0.497 e. The minimum atomic E-state index is -0.162. The summed E-state index contributed by atoms with van der Waals surface area (Å²) in [7, 11) is 3.50. The Hall–Kier alpha value is -1.09. The predicted molar refractivity (Wildman–Crippen MR) is 69.0 cm³/mol. The van der Waals surface area contributed by atoms with Gasteiger partial charge in [-0.15, -0.1) is 0 Å². The van der Waals surface area contributed by atoms with E-state index in [4.69, 9.17) is 4.74 Å². The van der Waals surface area contributed by atoms with E-state index in [1.165, 1.54) is 6.07 Å². The second-order valence-electron chi connectivity index (χ2n) is 4.49. The maximum Gasteiger partial charge on any atom is 0.130 e. The van der Waals surface area contributed by atoms with Gasteiger partial charge in [-0.2, -0.15) is 0 Å². The molecule has 1 aromatic rings. The summed E-state index contributed by atoms with van der Waals surface area (Å²) < 4.78 is 18.6. The van der Waals surface area contributed by atoms with Crippen LogP contribution < -0.4 is 10.1 Å². The van der Waals surface area contributed by atoms with Crippen LogP contribution in [0, 0.1) is 11.7 Å². The molecule has 1 unspecified atom stereocenters. The Morgan fingerprint density at radius 1 is 1.35 bits per heavy atom. The molecule has 1 rings (SSSR count). The maximum absolute atomic E-state index is 13.6. The van der Waals surface area contributed by atoms with E-state index >= 15 is 0 Å². The lowest BCUT2D eigenvalue weighted by molar-refractivity contribution is 0.410.